The molecule has 0 aliphatic rings. The average Bonchev–Trinajstić information content (AvgIpc) is 2.23. The number of carbonyl (C=O) groups excluding carboxylic acids is 2. The second kappa shape index (κ2) is 8.23. The number of rotatable bonds is 7. The van der Waals surface area contributed by atoms with Crippen molar-refractivity contribution in [2.75, 3.05) is 13.2 Å². The van der Waals surface area contributed by atoms with E-state index in [1.165, 1.54) is 0 Å². The molecule has 1 N–H and O–H groups in total. The van der Waals surface area contributed by atoms with Gasteiger partial charge in [-0.25, -0.2) is 0 Å². The predicted molar refractivity (Wildman–Crippen MR) is 53.1 cm³/mol. The van der Waals surface area contributed by atoms with E-state index in [1.807, 2.05) is 6.92 Å². The molecule has 0 aliphatic heterocycles. The van der Waals surface area contributed by atoms with Gasteiger partial charge < -0.3 is 14.6 Å². The van der Waals surface area contributed by atoms with E-state index in [4.69, 9.17) is 9.84 Å². The molecule has 0 saturated heterocycles. The van der Waals surface area contributed by atoms with Crippen molar-refractivity contribution in [1.82, 2.24) is 0 Å². The molecular formula is C10H18O5. The van der Waals surface area contributed by atoms with Gasteiger partial charge in [-0.3, -0.25) is 9.59 Å². The molecule has 1 atom stereocenters. The summed E-state index contributed by atoms with van der Waals surface area (Å²) in [5.74, 6) is -0.893. The summed E-state index contributed by atoms with van der Waals surface area (Å²) in [4.78, 5) is 22.0. The lowest BCUT2D eigenvalue weighted by Gasteiger charge is -2.10. The molecule has 0 saturated carbocycles. The molecule has 0 amide bonds. The highest BCUT2D eigenvalue weighted by molar-refractivity contribution is 5.77. The first kappa shape index (κ1) is 13.9. The Morgan fingerprint density at radius 1 is 1.27 bits per heavy atom. The number of carbonyl (C=O) groups is 2. The Morgan fingerprint density at radius 3 is 2.40 bits per heavy atom. The molecule has 5 nitrogen and oxygen atoms in total. The maximum atomic E-state index is 11.1. The Bertz CT molecular complexity index is 202. The van der Waals surface area contributed by atoms with Crippen LogP contribution >= 0.6 is 0 Å². The summed E-state index contributed by atoms with van der Waals surface area (Å²) in [7, 11) is 0. The summed E-state index contributed by atoms with van der Waals surface area (Å²) in [6.07, 6.45) is 0.649. The van der Waals surface area contributed by atoms with Gasteiger partial charge in [0.15, 0.2) is 0 Å². The van der Waals surface area contributed by atoms with Crippen molar-refractivity contribution in [3.05, 3.63) is 0 Å². The average molecular weight is 218 g/mol. The Kier molecular flexibility index (Phi) is 7.62. The highest BCUT2D eigenvalue weighted by Gasteiger charge is 2.11. The Morgan fingerprint density at radius 2 is 1.87 bits per heavy atom. The van der Waals surface area contributed by atoms with Crippen LogP contribution in [0.15, 0.2) is 0 Å². The van der Waals surface area contributed by atoms with E-state index in [-0.39, 0.29) is 32.2 Å². The normalized spacial score (nSPS) is 11.9. The monoisotopic (exact) mass is 218 g/mol. The maximum absolute atomic E-state index is 11.1. The first-order valence-electron chi connectivity index (χ1n) is 5.06. The van der Waals surface area contributed by atoms with Gasteiger partial charge in [-0.1, -0.05) is 6.92 Å². The summed E-state index contributed by atoms with van der Waals surface area (Å²) in [6.45, 7) is 3.47. The van der Waals surface area contributed by atoms with E-state index in [0.717, 1.165) is 6.42 Å². The molecule has 5 heteroatoms. The molecule has 1 unspecified atom stereocenters. The summed E-state index contributed by atoms with van der Waals surface area (Å²) in [6, 6.07) is 0. The third kappa shape index (κ3) is 7.93. The van der Waals surface area contributed by atoms with Crippen LogP contribution in [0.25, 0.3) is 0 Å². The van der Waals surface area contributed by atoms with Gasteiger partial charge >= 0.3 is 11.9 Å². The van der Waals surface area contributed by atoms with Crippen LogP contribution in [0.2, 0.25) is 0 Å². The molecule has 0 radical (unpaired) electrons. The number of hydrogen-bond donors (Lipinski definition) is 1. The highest BCUT2D eigenvalue weighted by atomic mass is 16.5. The number of ether oxygens (including phenoxy) is 2. The lowest BCUT2D eigenvalue weighted by Crippen LogP contribution is -2.16. The third-order valence-corrected chi connectivity index (χ3v) is 1.80. The second-order valence-electron chi connectivity index (χ2n) is 3.15. The first-order valence-corrected chi connectivity index (χ1v) is 5.06. The van der Waals surface area contributed by atoms with Crippen molar-refractivity contribution in [2.45, 2.75) is 39.2 Å². The Balaban J connectivity index is 3.57. The maximum Gasteiger partial charge on any atom is 0.306 e. The molecule has 0 aromatic heterocycles. The van der Waals surface area contributed by atoms with E-state index in [9.17, 15) is 9.59 Å². The smallest absolute Gasteiger partial charge is 0.306 e. The van der Waals surface area contributed by atoms with E-state index >= 15 is 0 Å². The summed E-state index contributed by atoms with van der Waals surface area (Å²) in [5, 5.41) is 8.37. The van der Waals surface area contributed by atoms with Gasteiger partial charge in [0.2, 0.25) is 0 Å². The number of aliphatic hydroxyl groups is 1. The molecular weight excluding hydrogens is 200 g/mol. The summed E-state index contributed by atoms with van der Waals surface area (Å²) in [5.41, 5.74) is 0. The van der Waals surface area contributed by atoms with Crippen molar-refractivity contribution < 1.29 is 24.2 Å². The minimum absolute atomic E-state index is 0.00469. The quantitative estimate of drug-likeness (QED) is 0.635. The Hall–Kier alpha value is -1.10. The zero-order valence-corrected chi connectivity index (χ0v) is 9.19. The molecule has 0 aromatic carbocycles. The number of hydrogen-bond acceptors (Lipinski definition) is 5. The SMILES string of the molecule is CCC(C)OC(=O)CCC(=O)OCCO. The molecule has 15 heavy (non-hydrogen) atoms. The van der Waals surface area contributed by atoms with E-state index < -0.39 is 11.9 Å². The van der Waals surface area contributed by atoms with Gasteiger partial charge in [0.1, 0.15) is 6.61 Å². The first-order chi connectivity index (χ1) is 7.10. The fraction of sp³-hybridized carbons (Fsp3) is 0.800. The van der Waals surface area contributed by atoms with Crippen LogP contribution in [0.5, 0.6) is 0 Å². The largest absolute Gasteiger partial charge is 0.463 e. The molecule has 0 fully saturated rings. The minimum Gasteiger partial charge on any atom is -0.463 e. The van der Waals surface area contributed by atoms with E-state index in [2.05, 4.69) is 4.74 Å². The van der Waals surface area contributed by atoms with Crippen molar-refractivity contribution >= 4 is 11.9 Å². The number of esters is 2. The van der Waals surface area contributed by atoms with Gasteiger partial charge in [-0.05, 0) is 13.3 Å². The lowest BCUT2D eigenvalue weighted by atomic mass is 10.3. The third-order valence-electron chi connectivity index (χ3n) is 1.80. The van der Waals surface area contributed by atoms with Crippen LogP contribution in [0.4, 0.5) is 0 Å². The van der Waals surface area contributed by atoms with Crippen molar-refractivity contribution in [2.24, 2.45) is 0 Å². The molecule has 0 heterocycles. The van der Waals surface area contributed by atoms with Crippen molar-refractivity contribution in [3.8, 4) is 0 Å². The zero-order valence-electron chi connectivity index (χ0n) is 9.19. The number of aliphatic hydroxyl groups excluding tert-OH is 1. The van der Waals surface area contributed by atoms with Gasteiger partial charge in [-0.2, -0.15) is 0 Å². The van der Waals surface area contributed by atoms with Gasteiger partial charge in [-0.15, -0.1) is 0 Å². The van der Waals surface area contributed by atoms with Gasteiger partial charge in [0.05, 0.1) is 25.6 Å². The van der Waals surface area contributed by atoms with E-state index in [0.29, 0.717) is 0 Å². The molecule has 0 aromatic rings. The fourth-order valence-corrected chi connectivity index (χ4v) is 0.802. The van der Waals surface area contributed by atoms with Crippen molar-refractivity contribution in [1.29, 1.82) is 0 Å². The van der Waals surface area contributed by atoms with Crippen LogP contribution in [0.1, 0.15) is 33.1 Å². The zero-order chi connectivity index (χ0) is 11.7. The molecule has 0 bridgehead atoms. The highest BCUT2D eigenvalue weighted by Crippen LogP contribution is 2.01. The van der Waals surface area contributed by atoms with Crippen LogP contribution in [-0.4, -0.2) is 36.4 Å². The van der Waals surface area contributed by atoms with Crippen LogP contribution in [-0.2, 0) is 19.1 Å². The fourth-order valence-electron chi connectivity index (χ4n) is 0.802. The minimum atomic E-state index is -0.495. The van der Waals surface area contributed by atoms with Crippen molar-refractivity contribution in [3.63, 3.8) is 0 Å². The molecule has 88 valence electrons. The topological polar surface area (TPSA) is 72.8 Å². The van der Waals surface area contributed by atoms with Gasteiger partial charge in [0.25, 0.3) is 0 Å². The molecule has 0 spiro atoms. The lowest BCUT2D eigenvalue weighted by molar-refractivity contribution is -0.153. The van der Waals surface area contributed by atoms with Gasteiger partial charge in [0, 0.05) is 0 Å². The Labute approximate surface area is 89.4 Å². The second-order valence-corrected chi connectivity index (χ2v) is 3.15. The van der Waals surface area contributed by atoms with Crippen LogP contribution < -0.4 is 0 Å². The van der Waals surface area contributed by atoms with Crippen LogP contribution in [0, 0.1) is 0 Å². The summed E-state index contributed by atoms with van der Waals surface area (Å²) >= 11 is 0. The standard InChI is InChI=1S/C10H18O5/c1-3-8(2)15-10(13)5-4-9(12)14-7-6-11/h8,11H,3-7H2,1-2H3. The van der Waals surface area contributed by atoms with Crippen LogP contribution in [0.3, 0.4) is 0 Å². The summed E-state index contributed by atoms with van der Waals surface area (Å²) < 4.78 is 9.53. The molecule has 0 aliphatic carbocycles. The molecule has 0 rings (SSSR count). The predicted octanol–water partition coefficient (Wildman–Crippen LogP) is 0.644. The van der Waals surface area contributed by atoms with E-state index in [1.54, 1.807) is 6.92 Å².